The zero-order valence-corrected chi connectivity index (χ0v) is 11.9. The summed E-state index contributed by atoms with van der Waals surface area (Å²) in [7, 11) is 0. The Balaban J connectivity index is 2.43. The third-order valence-electron chi connectivity index (χ3n) is 2.31. The van der Waals surface area contributed by atoms with Crippen LogP contribution in [-0.2, 0) is 0 Å². The van der Waals surface area contributed by atoms with Crippen molar-refractivity contribution < 1.29 is 4.74 Å². The first kappa shape index (κ1) is 13.4. The van der Waals surface area contributed by atoms with Gasteiger partial charge in [0.25, 0.3) is 0 Å². The van der Waals surface area contributed by atoms with Crippen LogP contribution in [-0.4, -0.2) is 9.97 Å². The predicted octanol–water partition coefficient (Wildman–Crippen LogP) is 4.85. The van der Waals surface area contributed by atoms with Gasteiger partial charge in [-0.05, 0) is 48.7 Å². The van der Waals surface area contributed by atoms with Crippen LogP contribution in [0, 0.1) is 13.8 Å². The molecule has 0 aliphatic rings. The van der Waals surface area contributed by atoms with Crippen molar-refractivity contribution >= 4 is 34.8 Å². The quantitative estimate of drug-likeness (QED) is 0.744. The van der Waals surface area contributed by atoms with E-state index in [0.29, 0.717) is 15.8 Å². The fourth-order valence-electron chi connectivity index (χ4n) is 1.56. The topological polar surface area (TPSA) is 35.0 Å². The molecule has 1 aromatic carbocycles. The Bertz CT molecular complexity index is 579. The van der Waals surface area contributed by atoms with Gasteiger partial charge in [0.15, 0.2) is 0 Å². The molecule has 0 aliphatic carbocycles. The minimum absolute atomic E-state index is 0.0821. The Morgan fingerprint density at radius 3 is 2.28 bits per heavy atom. The van der Waals surface area contributed by atoms with Gasteiger partial charge in [-0.1, -0.05) is 23.2 Å². The highest BCUT2D eigenvalue weighted by molar-refractivity contribution is 6.32. The molecule has 6 heteroatoms. The summed E-state index contributed by atoms with van der Waals surface area (Å²) in [5.41, 5.74) is 1.79. The van der Waals surface area contributed by atoms with E-state index in [9.17, 15) is 0 Å². The lowest BCUT2D eigenvalue weighted by Crippen LogP contribution is -1.95. The summed E-state index contributed by atoms with van der Waals surface area (Å²) in [5, 5.41) is 1.04. The zero-order valence-electron chi connectivity index (χ0n) is 9.67. The highest BCUT2D eigenvalue weighted by Gasteiger charge is 2.11. The molecule has 94 valence electrons. The maximum absolute atomic E-state index is 5.95. The van der Waals surface area contributed by atoms with E-state index < -0.39 is 0 Å². The number of hydrogen-bond donors (Lipinski definition) is 0. The number of aromatic nitrogens is 2. The Morgan fingerprint density at radius 2 is 1.67 bits per heavy atom. The van der Waals surface area contributed by atoms with E-state index in [1.54, 1.807) is 12.1 Å². The molecule has 2 aromatic rings. The van der Waals surface area contributed by atoms with Crippen molar-refractivity contribution in [3.8, 4) is 11.6 Å². The van der Waals surface area contributed by atoms with Crippen LogP contribution in [0.25, 0.3) is 0 Å². The van der Waals surface area contributed by atoms with E-state index in [2.05, 4.69) is 9.97 Å². The van der Waals surface area contributed by atoms with Crippen LogP contribution in [0.2, 0.25) is 15.3 Å². The second kappa shape index (κ2) is 5.31. The Hall–Kier alpha value is -1.03. The van der Waals surface area contributed by atoms with Crippen LogP contribution in [0.5, 0.6) is 11.6 Å². The highest BCUT2D eigenvalue weighted by atomic mass is 35.5. The molecule has 0 bridgehead atoms. The molecule has 3 nitrogen and oxygen atoms in total. The lowest BCUT2D eigenvalue weighted by atomic mass is 10.1. The van der Waals surface area contributed by atoms with Crippen molar-refractivity contribution in [2.75, 3.05) is 0 Å². The number of hydrogen-bond acceptors (Lipinski definition) is 3. The highest BCUT2D eigenvalue weighted by Crippen LogP contribution is 2.33. The van der Waals surface area contributed by atoms with Crippen LogP contribution in [0.15, 0.2) is 18.3 Å². The van der Waals surface area contributed by atoms with Gasteiger partial charge in [0.2, 0.25) is 11.2 Å². The second-order valence-corrected chi connectivity index (χ2v) is 4.94. The Labute approximate surface area is 120 Å². The Kier molecular flexibility index (Phi) is 3.95. The van der Waals surface area contributed by atoms with Gasteiger partial charge in [0.1, 0.15) is 10.8 Å². The molecule has 1 aromatic heterocycles. The maximum atomic E-state index is 5.95. The lowest BCUT2D eigenvalue weighted by Gasteiger charge is -2.12. The van der Waals surface area contributed by atoms with Crippen LogP contribution < -0.4 is 4.74 Å². The molecule has 0 unspecified atom stereocenters. The normalized spacial score (nSPS) is 10.5. The van der Waals surface area contributed by atoms with E-state index in [1.807, 2.05) is 13.8 Å². The number of ether oxygens (including phenoxy) is 1. The van der Waals surface area contributed by atoms with Crippen LogP contribution in [0.3, 0.4) is 0 Å². The minimum Gasteiger partial charge on any atom is -0.437 e. The Morgan fingerprint density at radius 1 is 1.06 bits per heavy atom. The fourth-order valence-corrected chi connectivity index (χ4v) is 2.14. The standard InChI is InChI=1S/C12H9Cl3N2O/c1-6-3-8(13)4-7(2)10(6)18-11-9(14)5-16-12(15)17-11/h3-5H,1-2H3. The summed E-state index contributed by atoms with van der Waals surface area (Å²) in [5.74, 6) is 0.890. The molecule has 0 amide bonds. The summed E-state index contributed by atoms with van der Waals surface area (Å²) in [6, 6.07) is 3.61. The van der Waals surface area contributed by atoms with Crippen molar-refractivity contribution in [2.24, 2.45) is 0 Å². The van der Waals surface area contributed by atoms with Gasteiger partial charge in [-0.25, -0.2) is 4.98 Å². The molecule has 1 heterocycles. The van der Waals surface area contributed by atoms with E-state index in [-0.39, 0.29) is 11.2 Å². The number of aryl methyl sites for hydroxylation is 2. The number of nitrogens with zero attached hydrogens (tertiary/aromatic N) is 2. The molecule has 0 atom stereocenters. The van der Waals surface area contributed by atoms with E-state index in [4.69, 9.17) is 39.5 Å². The molecule has 0 radical (unpaired) electrons. The van der Waals surface area contributed by atoms with Gasteiger partial charge in [0.05, 0.1) is 6.20 Å². The first-order valence-corrected chi connectivity index (χ1v) is 6.23. The summed E-state index contributed by atoms with van der Waals surface area (Å²) in [4.78, 5) is 7.70. The van der Waals surface area contributed by atoms with Gasteiger partial charge in [-0.2, -0.15) is 4.98 Å². The molecule has 0 fully saturated rings. The predicted molar refractivity (Wildman–Crippen MR) is 73.1 cm³/mol. The van der Waals surface area contributed by atoms with E-state index in [0.717, 1.165) is 11.1 Å². The average Bonchev–Trinajstić information content (AvgIpc) is 2.28. The summed E-state index contributed by atoms with van der Waals surface area (Å²) < 4.78 is 5.68. The molecule has 0 aliphatic heterocycles. The van der Waals surface area contributed by atoms with Crippen molar-refractivity contribution in [2.45, 2.75) is 13.8 Å². The number of benzene rings is 1. The first-order chi connectivity index (χ1) is 8.47. The monoisotopic (exact) mass is 302 g/mol. The molecule has 0 saturated carbocycles. The minimum atomic E-state index is 0.0821. The first-order valence-electron chi connectivity index (χ1n) is 5.10. The third-order valence-corrected chi connectivity index (χ3v) is 2.97. The molecule has 2 rings (SSSR count). The largest absolute Gasteiger partial charge is 0.437 e. The summed E-state index contributed by atoms with van der Waals surface area (Å²) >= 11 is 17.6. The van der Waals surface area contributed by atoms with Crippen molar-refractivity contribution in [1.29, 1.82) is 0 Å². The van der Waals surface area contributed by atoms with Gasteiger partial charge in [-0.3, -0.25) is 0 Å². The van der Waals surface area contributed by atoms with Gasteiger partial charge in [-0.15, -0.1) is 0 Å². The second-order valence-electron chi connectivity index (χ2n) is 3.76. The SMILES string of the molecule is Cc1cc(Cl)cc(C)c1Oc1nc(Cl)ncc1Cl. The summed E-state index contributed by atoms with van der Waals surface area (Å²) in [6.45, 7) is 3.79. The average molecular weight is 304 g/mol. The van der Waals surface area contributed by atoms with Gasteiger partial charge >= 0.3 is 0 Å². The molecular weight excluding hydrogens is 295 g/mol. The van der Waals surface area contributed by atoms with E-state index >= 15 is 0 Å². The van der Waals surface area contributed by atoms with Gasteiger partial charge in [0, 0.05) is 5.02 Å². The third kappa shape index (κ3) is 2.86. The maximum Gasteiger partial charge on any atom is 0.242 e. The van der Waals surface area contributed by atoms with Gasteiger partial charge < -0.3 is 4.74 Å². The van der Waals surface area contributed by atoms with Crippen molar-refractivity contribution in [3.05, 3.63) is 44.8 Å². The van der Waals surface area contributed by atoms with Crippen LogP contribution in [0.4, 0.5) is 0 Å². The fraction of sp³-hybridized carbons (Fsp3) is 0.167. The van der Waals surface area contributed by atoms with Crippen molar-refractivity contribution in [3.63, 3.8) is 0 Å². The van der Waals surface area contributed by atoms with Crippen LogP contribution >= 0.6 is 34.8 Å². The molecule has 18 heavy (non-hydrogen) atoms. The molecule has 0 saturated heterocycles. The molecule has 0 N–H and O–H groups in total. The zero-order chi connectivity index (χ0) is 13.3. The summed E-state index contributed by atoms with van der Waals surface area (Å²) in [6.07, 6.45) is 1.40. The van der Waals surface area contributed by atoms with E-state index in [1.165, 1.54) is 6.20 Å². The van der Waals surface area contributed by atoms with Crippen LogP contribution in [0.1, 0.15) is 11.1 Å². The smallest absolute Gasteiger partial charge is 0.242 e. The number of halogens is 3. The van der Waals surface area contributed by atoms with Crippen molar-refractivity contribution in [1.82, 2.24) is 9.97 Å². The number of rotatable bonds is 2. The lowest BCUT2D eigenvalue weighted by molar-refractivity contribution is 0.455. The molecule has 0 spiro atoms. The molecular formula is C12H9Cl3N2O.